The number of unbranched alkanes of at least 4 members (excludes halogenated alkanes) is 3. The van der Waals surface area contributed by atoms with Crippen molar-refractivity contribution >= 4 is 5.97 Å². The van der Waals surface area contributed by atoms with E-state index < -0.39 is 5.97 Å². The second kappa shape index (κ2) is 12.4. The molecule has 3 nitrogen and oxygen atoms in total. The van der Waals surface area contributed by atoms with Crippen LogP contribution in [0.3, 0.4) is 0 Å². The number of hydrogen-bond acceptors (Lipinski definition) is 3. The molecule has 0 radical (unpaired) electrons. The molecule has 0 aromatic carbocycles. The summed E-state index contributed by atoms with van der Waals surface area (Å²) in [6.07, 6.45) is 4.99. The molecule has 0 aromatic heterocycles. The maximum Gasteiger partial charge on any atom is 1.00 e. The number of nitrogens with one attached hydrogen (secondary N) is 1. The van der Waals surface area contributed by atoms with Crippen LogP contribution in [0.1, 0.15) is 39.0 Å². The maximum atomic E-state index is 9.98. The molecule has 0 spiro atoms. The smallest absolute Gasteiger partial charge is 0.550 e. The predicted molar refractivity (Wildman–Crippen MR) is 46.6 cm³/mol. The van der Waals surface area contributed by atoms with E-state index in [-0.39, 0.29) is 36.0 Å². The standard InChI is InChI=1S/C9H19NO2.Na/c1-2-3-4-5-7-10-8-6-9(11)12;/h10H,2-8H2,1H3,(H,11,12);/q;+1/p-1. The van der Waals surface area contributed by atoms with Crippen LogP contribution in [0.2, 0.25) is 0 Å². The summed E-state index contributed by atoms with van der Waals surface area (Å²) in [5.74, 6) is -0.976. The Morgan fingerprint density at radius 1 is 1.23 bits per heavy atom. The number of carbonyl (C=O) groups is 1. The third-order valence-corrected chi connectivity index (χ3v) is 1.71. The molecule has 0 unspecified atom stereocenters. The van der Waals surface area contributed by atoms with Gasteiger partial charge in [-0.25, -0.2) is 0 Å². The average Bonchev–Trinajstić information content (AvgIpc) is 2.02. The molecule has 0 heterocycles. The van der Waals surface area contributed by atoms with Crippen LogP contribution in [0.15, 0.2) is 0 Å². The van der Waals surface area contributed by atoms with Gasteiger partial charge in [0.2, 0.25) is 0 Å². The van der Waals surface area contributed by atoms with E-state index >= 15 is 0 Å². The van der Waals surface area contributed by atoms with Crippen LogP contribution in [0, 0.1) is 0 Å². The monoisotopic (exact) mass is 195 g/mol. The van der Waals surface area contributed by atoms with Gasteiger partial charge in [-0.15, -0.1) is 0 Å². The quantitative estimate of drug-likeness (QED) is 0.339. The molecule has 0 aliphatic carbocycles. The van der Waals surface area contributed by atoms with Gasteiger partial charge in [0.25, 0.3) is 0 Å². The summed E-state index contributed by atoms with van der Waals surface area (Å²) in [6.45, 7) is 3.63. The topological polar surface area (TPSA) is 52.2 Å². The molecule has 13 heavy (non-hydrogen) atoms. The van der Waals surface area contributed by atoms with Gasteiger partial charge < -0.3 is 15.2 Å². The third kappa shape index (κ3) is 15.2. The van der Waals surface area contributed by atoms with E-state index in [1.54, 1.807) is 0 Å². The Morgan fingerprint density at radius 2 is 1.92 bits per heavy atom. The molecular formula is C9H18NNaO2. The van der Waals surface area contributed by atoms with E-state index in [0.29, 0.717) is 6.54 Å². The van der Waals surface area contributed by atoms with Gasteiger partial charge in [-0.1, -0.05) is 26.2 Å². The normalized spacial score (nSPS) is 9.31. The van der Waals surface area contributed by atoms with Crippen molar-refractivity contribution in [3.63, 3.8) is 0 Å². The van der Waals surface area contributed by atoms with Crippen molar-refractivity contribution in [2.45, 2.75) is 39.0 Å². The molecule has 0 aliphatic heterocycles. The van der Waals surface area contributed by atoms with Gasteiger partial charge in [0.1, 0.15) is 0 Å². The fourth-order valence-electron chi connectivity index (χ4n) is 0.992. The minimum absolute atomic E-state index is 0. The molecule has 0 fully saturated rings. The Hall–Kier alpha value is 0.430. The molecule has 0 aliphatic rings. The fourth-order valence-corrected chi connectivity index (χ4v) is 0.992. The zero-order valence-corrected chi connectivity index (χ0v) is 10.8. The molecule has 0 saturated carbocycles. The van der Waals surface area contributed by atoms with Crippen LogP contribution < -0.4 is 40.0 Å². The summed E-state index contributed by atoms with van der Waals surface area (Å²) < 4.78 is 0. The summed E-state index contributed by atoms with van der Waals surface area (Å²) in [4.78, 5) is 9.98. The Bertz CT molecular complexity index is 120. The van der Waals surface area contributed by atoms with Crippen LogP contribution in [0.5, 0.6) is 0 Å². The zero-order valence-electron chi connectivity index (χ0n) is 8.77. The van der Waals surface area contributed by atoms with Crippen molar-refractivity contribution in [1.29, 1.82) is 0 Å². The Balaban J connectivity index is 0. The van der Waals surface area contributed by atoms with E-state index in [1.807, 2.05) is 0 Å². The SMILES string of the molecule is CCCCCCNCCC(=O)[O-].[Na+]. The van der Waals surface area contributed by atoms with Gasteiger partial charge in [-0.2, -0.15) is 0 Å². The first kappa shape index (κ1) is 15.9. The number of carboxylic acids is 1. The van der Waals surface area contributed by atoms with Gasteiger partial charge in [0.15, 0.2) is 0 Å². The van der Waals surface area contributed by atoms with Crippen LogP contribution in [-0.2, 0) is 4.79 Å². The number of aliphatic carboxylic acids is 1. The Labute approximate surface area is 103 Å². The molecule has 72 valence electrons. The second-order valence-corrected chi connectivity index (χ2v) is 2.93. The predicted octanol–water partition coefficient (Wildman–Crippen LogP) is -2.70. The van der Waals surface area contributed by atoms with Gasteiger partial charge >= 0.3 is 29.6 Å². The molecular weight excluding hydrogens is 177 g/mol. The van der Waals surface area contributed by atoms with E-state index in [1.165, 1.54) is 19.3 Å². The molecule has 4 heteroatoms. The van der Waals surface area contributed by atoms with Crippen LogP contribution in [0.4, 0.5) is 0 Å². The average molecular weight is 195 g/mol. The van der Waals surface area contributed by atoms with Crippen molar-refractivity contribution in [3.8, 4) is 0 Å². The molecule has 0 bridgehead atoms. The van der Waals surface area contributed by atoms with Crippen molar-refractivity contribution < 1.29 is 39.5 Å². The summed E-state index contributed by atoms with van der Waals surface area (Å²) in [5.41, 5.74) is 0. The zero-order chi connectivity index (χ0) is 9.23. The van der Waals surface area contributed by atoms with E-state index in [9.17, 15) is 9.90 Å². The minimum atomic E-state index is -0.976. The molecule has 0 aromatic rings. The van der Waals surface area contributed by atoms with Crippen LogP contribution in [-0.4, -0.2) is 19.1 Å². The maximum absolute atomic E-state index is 9.98. The summed E-state index contributed by atoms with van der Waals surface area (Å²) in [7, 11) is 0. The molecule has 0 atom stereocenters. The summed E-state index contributed by atoms with van der Waals surface area (Å²) in [5, 5.41) is 13.0. The third-order valence-electron chi connectivity index (χ3n) is 1.71. The first-order valence-electron chi connectivity index (χ1n) is 4.68. The first-order chi connectivity index (χ1) is 5.77. The first-order valence-corrected chi connectivity index (χ1v) is 4.68. The van der Waals surface area contributed by atoms with Crippen molar-refractivity contribution in [2.75, 3.05) is 13.1 Å². The Morgan fingerprint density at radius 3 is 2.46 bits per heavy atom. The van der Waals surface area contributed by atoms with Gasteiger partial charge in [0, 0.05) is 12.5 Å². The Kier molecular flexibility index (Phi) is 15.2. The largest absolute Gasteiger partial charge is 1.00 e. The number of hydrogen-bond donors (Lipinski definition) is 1. The van der Waals surface area contributed by atoms with Crippen molar-refractivity contribution in [3.05, 3.63) is 0 Å². The number of carboxylic acid groups (broad SMARTS) is 1. The van der Waals surface area contributed by atoms with Gasteiger partial charge in [-0.05, 0) is 19.4 Å². The number of rotatable bonds is 8. The summed E-state index contributed by atoms with van der Waals surface area (Å²) >= 11 is 0. The molecule has 0 rings (SSSR count). The van der Waals surface area contributed by atoms with Gasteiger partial charge in [0.05, 0.1) is 0 Å². The molecule has 0 amide bonds. The van der Waals surface area contributed by atoms with Crippen molar-refractivity contribution in [1.82, 2.24) is 5.32 Å². The fraction of sp³-hybridized carbons (Fsp3) is 0.889. The van der Waals surface area contributed by atoms with E-state index in [2.05, 4.69) is 12.2 Å². The molecule has 0 saturated heterocycles. The van der Waals surface area contributed by atoms with Crippen LogP contribution in [0.25, 0.3) is 0 Å². The van der Waals surface area contributed by atoms with Crippen LogP contribution >= 0.6 is 0 Å². The minimum Gasteiger partial charge on any atom is -0.550 e. The van der Waals surface area contributed by atoms with E-state index in [4.69, 9.17) is 0 Å². The van der Waals surface area contributed by atoms with E-state index in [0.717, 1.165) is 13.0 Å². The van der Waals surface area contributed by atoms with Gasteiger partial charge in [-0.3, -0.25) is 0 Å². The second-order valence-electron chi connectivity index (χ2n) is 2.93. The summed E-state index contributed by atoms with van der Waals surface area (Å²) in [6, 6.07) is 0. The molecule has 1 N–H and O–H groups in total. The van der Waals surface area contributed by atoms with Crippen molar-refractivity contribution in [2.24, 2.45) is 0 Å². The number of carbonyl (C=O) groups excluding carboxylic acids is 1.